The average Bonchev–Trinajstić information content (AvgIpc) is 3.62. The van der Waals surface area contributed by atoms with Gasteiger partial charge in [0.2, 0.25) is 0 Å². The zero-order valence-corrected chi connectivity index (χ0v) is 18.1. The van der Waals surface area contributed by atoms with Crippen LogP contribution in [0.2, 0.25) is 0 Å². The molecule has 2 fully saturated rings. The highest BCUT2D eigenvalue weighted by molar-refractivity contribution is 5.68. The molecule has 4 heteroatoms. The molecule has 1 atom stereocenters. The first-order chi connectivity index (χ1) is 15.0. The zero-order valence-electron chi connectivity index (χ0n) is 18.1. The van der Waals surface area contributed by atoms with Crippen molar-refractivity contribution in [3.8, 4) is 5.75 Å². The third-order valence-electron chi connectivity index (χ3n) is 6.90. The Morgan fingerprint density at radius 1 is 1.13 bits per heavy atom. The number of rotatable bonds is 8. The second-order valence-corrected chi connectivity index (χ2v) is 9.07. The summed E-state index contributed by atoms with van der Waals surface area (Å²) in [7, 11) is 1.61. The summed E-state index contributed by atoms with van der Waals surface area (Å²) in [5, 5.41) is 9.27. The van der Waals surface area contributed by atoms with E-state index in [1.54, 1.807) is 13.2 Å². The molecule has 0 amide bonds. The lowest BCUT2D eigenvalue weighted by molar-refractivity contribution is -0.137. The Kier molecular flexibility index (Phi) is 6.74. The van der Waals surface area contributed by atoms with Crippen LogP contribution >= 0.6 is 0 Å². The fourth-order valence-electron chi connectivity index (χ4n) is 4.97. The molecule has 1 unspecified atom stereocenters. The highest BCUT2D eigenvalue weighted by Crippen LogP contribution is 2.45. The van der Waals surface area contributed by atoms with Gasteiger partial charge >= 0.3 is 5.97 Å². The van der Waals surface area contributed by atoms with Gasteiger partial charge in [0, 0.05) is 0 Å². The van der Waals surface area contributed by atoms with Crippen molar-refractivity contribution in [3.05, 3.63) is 71.0 Å². The molecule has 2 aromatic rings. The molecule has 0 radical (unpaired) electrons. The van der Waals surface area contributed by atoms with E-state index in [1.807, 2.05) is 12.1 Å². The van der Waals surface area contributed by atoms with E-state index in [9.17, 15) is 14.3 Å². The maximum Gasteiger partial charge on any atom is 0.303 e. The Morgan fingerprint density at radius 2 is 1.90 bits per heavy atom. The minimum Gasteiger partial charge on any atom is -0.497 e. The van der Waals surface area contributed by atoms with Gasteiger partial charge in [-0.25, -0.2) is 4.39 Å². The predicted octanol–water partition coefficient (Wildman–Crippen LogP) is 6.79. The Morgan fingerprint density at radius 3 is 2.58 bits per heavy atom. The third kappa shape index (κ3) is 5.55. The lowest BCUT2D eigenvalue weighted by Crippen LogP contribution is -2.13. The summed E-state index contributed by atoms with van der Waals surface area (Å²) < 4.78 is 19.6. The van der Waals surface area contributed by atoms with Gasteiger partial charge in [-0.1, -0.05) is 36.4 Å². The number of hydrogen-bond acceptors (Lipinski definition) is 2. The highest BCUT2D eigenvalue weighted by Gasteiger charge is 2.33. The van der Waals surface area contributed by atoms with Crippen molar-refractivity contribution in [3.63, 3.8) is 0 Å². The summed E-state index contributed by atoms with van der Waals surface area (Å²) in [6, 6.07) is 13.4. The molecule has 164 valence electrons. The van der Waals surface area contributed by atoms with Crippen LogP contribution in [0.5, 0.6) is 5.75 Å². The minimum absolute atomic E-state index is 0.124. The number of halogens is 1. The average molecular weight is 423 g/mol. The molecule has 2 saturated carbocycles. The molecule has 0 spiro atoms. The maximum atomic E-state index is 14.3. The lowest BCUT2D eigenvalue weighted by Gasteiger charge is -2.27. The highest BCUT2D eigenvalue weighted by atomic mass is 19.1. The molecule has 0 aliphatic heterocycles. The minimum atomic E-state index is -0.720. The van der Waals surface area contributed by atoms with Crippen LogP contribution < -0.4 is 4.74 Å². The van der Waals surface area contributed by atoms with Gasteiger partial charge in [-0.05, 0) is 97.1 Å². The van der Waals surface area contributed by atoms with Crippen LogP contribution in [-0.4, -0.2) is 18.2 Å². The summed E-state index contributed by atoms with van der Waals surface area (Å²) >= 11 is 0. The molecule has 4 rings (SSSR count). The third-order valence-corrected chi connectivity index (χ3v) is 6.90. The van der Waals surface area contributed by atoms with Gasteiger partial charge in [0.25, 0.3) is 0 Å². The number of carbonyl (C=O) groups is 1. The topological polar surface area (TPSA) is 46.5 Å². The molecule has 0 heterocycles. The number of hydrogen-bond donors (Lipinski definition) is 1. The van der Waals surface area contributed by atoms with Gasteiger partial charge < -0.3 is 9.84 Å². The standard InChI is InChI=1S/C27H31FO3/c1-31-23-13-14-26(28)25(16-23)21-9-7-18(8-10-21)5-6-19-3-2-4-22(15-19)24(17-27(29)30)20-11-12-20/h2-6,13-16,18,20-21,24H,7-12,17H2,1H3,(H,29,30)/b6-5+/t18-,21-,24?. The van der Waals surface area contributed by atoms with Gasteiger partial charge in [0.1, 0.15) is 11.6 Å². The van der Waals surface area contributed by atoms with Gasteiger partial charge in [-0.3, -0.25) is 4.79 Å². The SMILES string of the molecule is COc1ccc(F)c([C@H]2CC[C@H](/C=C/c3cccc(C(CC(=O)O)C4CC4)c3)CC2)c1. The monoisotopic (exact) mass is 422 g/mol. The van der Waals surface area contributed by atoms with Crippen LogP contribution in [0.25, 0.3) is 6.08 Å². The quantitative estimate of drug-likeness (QED) is 0.509. The van der Waals surface area contributed by atoms with Crippen molar-refractivity contribution in [2.24, 2.45) is 11.8 Å². The number of allylic oxidation sites excluding steroid dienone is 1. The lowest BCUT2D eigenvalue weighted by atomic mass is 9.78. The number of benzene rings is 2. The molecule has 2 aliphatic carbocycles. The Balaban J connectivity index is 1.38. The molecular weight excluding hydrogens is 391 g/mol. The van der Waals surface area contributed by atoms with E-state index in [1.165, 1.54) is 6.07 Å². The molecule has 31 heavy (non-hydrogen) atoms. The molecule has 3 nitrogen and oxygen atoms in total. The normalized spacial score (nSPS) is 22.4. The smallest absolute Gasteiger partial charge is 0.303 e. The Labute approximate surface area is 183 Å². The van der Waals surface area contributed by atoms with Crippen molar-refractivity contribution < 1.29 is 19.0 Å². The van der Waals surface area contributed by atoms with Crippen LogP contribution in [0, 0.1) is 17.7 Å². The van der Waals surface area contributed by atoms with Crippen LogP contribution in [0.3, 0.4) is 0 Å². The van der Waals surface area contributed by atoms with Crippen molar-refractivity contribution in [1.82, 2.24) is 0 Å². The molecule has 2 aliphatic rings. The summed E-state index contributed by atoms with van der Waals surface area (Å²) in [5.41, 5.74) is 3.05. The maximum absolute atomic E-state index is 14.3. The van der Waals surface area contributed by atoms with Crippen LogP contribution in [0.15, 0.2) is 48.5 Å². The van der Waals surface area contributed by atoms with Crippen molar-refractivity contribution in [1.29, 1.82) is 0 Å². The van der Waals surface area contributed by atoms with Gasteiger partial charge in [0.05, 0.1) is 13.5 Å². The van der Waals surface area contributed by atoms with E-state index < -0.39 is 5.97 Å². The van der Waals surface area contributed by atoms with Crippen LogP contribution in [-0.2, 0) is 4.79 Å². The molecule has 0 bridgehead atoms. The van der Waals surface area contributed by atoms with Gasteiger partial charge in [-0.15, -0.1) is 0 Å². The van der Waals surface area contributed by atoms with E-state index in [0.29, 0.717) is 17.6 Å². The van der Waals surface area contributed by atoms with Gasteiger partial charge in [-0.2, -0.15) is 0 Å². The predicted molar refractivity (Wildman–Crippen MR) is 121 cm³/mol. The molecule has 1 N–H and O–H groups in total. The van der Waals surface area contributed by atoms with Crippen molar-refractivity contribution in [2.75, 3.05) is 7.11 Å². The number of ether oxygens (including phenoxy) is 1. The first kappa shape index (κ1) is 21.6. The van der Waals surface area contributed by atoms with Crippen molar-refractivity contribution >= 4 is 12.0 Å². The largest absolute Gasteiger partial charge is 0.497 e. The molecule has 0 aromatic heterocycles. The zero-order chi connectivity index (χ0) is 21.8. The van der Waals surface area contributed by atoms with E-state index in [-0.39, 0.29) is 24.1 Å². The molecule has 0 saturated heterocycles. The van der Waals surface area contributed by atoms with E-state index in [0.717, 1.165) is 55.2 Å². The summed E-state index contributed by atoms with van der Waals surface area (Å²) in [6.45, 7) is 0. The van der Waals surface area contributed by atoms with E-state index in [2.05, 4.69) is 30.4 Å². The second kappa shape index (κ2) is 9.67. The van der Waals surface area contributed by atoms with Crippen molar-refractivity contribution in [2.45, 2.75) is 56.8 Å². The number of carboxylic acid groups (broad SMARTS) is 1. The fraction of sp³-hybridized carbons (Fsp3) is 0.444. The summed E-state index contributed by atoms with van der Waals surface area (Å²) in [4.78, 5) is 11.3. The van der Waals surface area contributed by atoms with E-state index in [4.69, 9.17) is 4.74 Å². The number of carboxylic acids is 1. The number of methoxy groups -OCH3 is 1. The van der Waals surface area contributed by atoms with Crippen LogP contribution in [0.4, 0.5) is 4.39 Å². The molecular formula is C27H31FO3. The summed E-state index contributed by atoms with van der Waals surface area (Å²) in [6.07, 6.45) is 11.0. The van der Waals surface area contributed by atoms with Crippen LogP contribution in [0.1, 0.15) is 73.5 Å². The first-order valence-corrected chi connectivity index (χ1v) is 11.4. The van der Waals surface area contributed by atoms with Gasteiger partial charge in [0.15, 0.2) is 0 Å². The first-order valence-electron chi connectivity index (χ1n) is 11.4. The second-order valence-electron chi connectivity index (χ2n) is 9.07. The Bertz CT molecular complexity index is 939. The fourth-order valence-corrected chi connectivity index (χ4v) is 4.97. The Hall–Kier alpha value is -2.62. The van der Waals surface area contributed by atoms with E-state index >= 15 is 0 Å². The number of aliphatic carboxylic acids is 1. The molecule has 2 aromatic carbocycles. The summed E-state index contributed by atoms with van der Waals surface area (Å²) in [5.74, 6) is 1.24.